The zero-order valence-corrected chi connectivity index (χ0v) is 7.63. The summed E-state index contributed by atoms with van der Waals surface area (Å²) in [4.78, 5) is 11.0. The highest BCUT2D eigenvalue weighted by atomic mass is 16.5. The highest BCUT2D eigenvalue weighted by molar-refractivity contribution is 6.42. The summed E-state index contributed by atoms with van der Waals surface area (Å²) in [6.07, 6.45) is 0. The lowest BCUT2D eigenvalue weighted by molar-refractivity contribution is -0.132. The maximum Gasteiger partial charge on any atom is 0.356 e. The number of carbonyl (C=O) groups excluding carboxylic acids is 1. The molecule has 1 aromatic carbocycles. The van der Waals surface area contributed by atoms with E-state index in [1.165, 1.54) is 7.11 Å². The summed E-state index contributed by atoms with van der Waals surface area (Å²) in [5.74, 6) is -0.602. The molecule has 0 aromatic heterocycles. The fourth-order valence-corrected chi connectivity index (χ4v) is 1.07. The van der Waals surface area contributed by atoms with Crippen molar-refractivity contribution in [2.75, 3.05) is 7.11 Å². The summed E-state index contributed by atoms with van der Waals surface area (Å²) >= 11 is 0. The second-order valence-corrected chi connectivity index (χ2v) is 2.68. The average Bonchev–Trinajstić information content (AvgIpc) is 2.16. The van der Waals surface area contributed by atoms with Crippen molar-refractivity contribution >= 4 is 11.7 Å². The molecule has 1 N–H and O–H groups in total. The molecule has 0 aliphatic rings. The van der Waals surface area contributed by atoms with Crippen LogP contribution in [0.5, 0.6) is 0 Å². The molecule has 0 spiro atoms. The van der Waals surface area contributed by atoms with Gasteiger partial charge in [0.2, 0.25) is 0 Å². The van der Waals surface area contributed by atoms with Crippen LogP contribution in [0.3, 0.4) is 0 Å². The molecule has 1 aromatic rings. The van der Waals surface area contributed by atoms with E-state index in [1.54, 1.807) is 12.1 Å². The first-order chi connectivity index (χ1) is 6.16. The Labute approximate surface area is 76.9 Å². The summed E-state index contributed by atoms with van der Waals surface area (Å²) in [7, 11) is 1.27. The molecular formula is C10H11NO2. The Morgan fingerprint density at radius 2 is 2.00 bits per heavy atom. The molecule has 0 heterocycles. The highest BCUT2D eigenvalue weighted by Crippen LogP contribution is 2.08. The Morgan fingerprint density at radius 3 is 2.54 bits per heavy atom. The van der Waals surface area contributed by atoms with Crippen molar-refractivity contribution < 1.29 is 9.53 Å². The minimum atomic E-state index is -0.602. The average molecular weight is 177 g/mol. The topological polar surface area (TPSA) is 50.2 Å². The quantitative estimate of drug-likeness (QED) is 0.550. The fraction of sp³-hybridized carbons (Fsp3) is 0.200. The first-order valence-corrected chi connectivity index (χ1v) is 3.89. The zero-order chi connectivity index (χ0) is 9.84. The highest BCUT2D eigenvalue weighted by Gasteiger charge is 2.12. The third-order valence-corrected chi connectivity index (χ3v) is 1.80. The predicted molar refractivity (Wildman–Crippen MR) is 50.0 cm³/mol. The van der Waals surface area contributed by atoms with Gasteiger partial charge in [-0.3, -0.25) is 5.41 Å². The summed E-state index contributed by atoms with van der Waals surface area (Å²) in [5.41, 5.74) is 1.42. The third kappa shape index (κ3) is 1.93. The van der Waals surface area contributed by atoms with E-state index in [2.05, 4.69) is 4.74 Å². The van der Waals surface area contributed by atoms with Crippen molar-refractivity contribution in [3.63, 3.8) is 0 Å². The Balaban J connectivity index is 3.02. The number of esters is 1. The monoisotopic (exact) mass is 177 g/mol. The number of nitrogens with one attached hydrogen (secondary N) is 1. The van der Waals surface area contributed by atoms with E-state index in [0.717, 1.165) is 5.56 Å². The first-order valence-electron chi connectivity index (χ1n) is 3.89. The molecule has 13 heavy (non-hydrogen) atoms. The maximum atomic E-state index is 11.0. The number of aryl methyl sites for hydroxylation is 1. The molecule has 0 aliphatic heterocycles. The fourth-order valence-electron chi connectivity index (χ4n) is 1.07. The smallest absolute Gasteiger partial charge is 0.356 e. The molecule has 0 aliphatic carbocycles. The second-order valence-electron chi connectivity index (χ2n) is 2.68. The normalized spacial score (nSPS) is 9.38. The van der Waals surface area contributed by atoms with Crippen molar-refractivity contribution in [2.45, 2.75) is 6.92 Å². The Morgan fingerprint density at radius 1 is 1.38 bits per heavy atom. The second kappa shape index (κ2) is 3.85. The van der Waals surface area contributed by atoms with Gasteiger partial charge in [-0.15, -0.1) is 0 Å². The van der Waals surface area contributed by atoms with E-state index in [9.17, 15) is 4.79 Å². The molecule has 0 bridgehead atoms. The third-order valence-electron chi connectivity index (χ3n) is 1.80. The molecule has 0 amide bonds. The van der Waals surface area contributed by atoms with Crippen LogP contribution in [0.4, 0.5) is 0 Å². The van der Waals surface area contributed by atoms with Gasteiger partial charge in [0.05, 0.1) is 7.11 Å². The molecule has 3 heteroatoms. The SMILES string of the molecule is COC(=O)C(=N)c1ccccc1C. The van der Waals surface area contributed by atoms with Gasteiger partial charge in [0, 0.05) is 5.56 Å². The maximum absolute atomic E-state index is 11.0. The van der Waals surface area contributed by atoms with Gasteiger partial charge in [-0.05, 0) is 12.5 Å². The van der Waals surface area contributed by atoms with E-state index in [1.807, 2.05) is 19.1 Å². The van der Waals surface area contributed by atoms with E-state index >= 15 is 0 Å². The van der Waals surface area contributed by atoms with Gasteiger partial charge in [-0.1, -0.05) is 24.3 Å². The van der Waals surface area contributed by atoms with Gasteiger partial charge in [-0.25, -0.2) is 4.79 Å². The number of ether oxygens (including phenoxy) is 1. The zero-order valence-electron chi connectivity index (χ0n) is 7.63. The van der Waals surface area contributed by atoms with Crippen LogP contribution in [-0.2, 0) is 9.53 Å². The first kappa shape index (κ1) is 9.45. The van der Waals surface area contributed by atoms with Crippen LogP contribution < -0.4 is 0 Å². The Hall–Kier alpha value is -1.64. The number of methoxy groups -OCH3 is 1. The molecule has 0 fully saturated rings. The molecule has 0 radical (unpaired) electrons. The van der Waals surface area contributed by atoms with Gasteiger partial charge >= 0.3 is 5.97 Å². The van der Waals surface area contributed by atoms with Crippen LogP contribution in [0.15, 0.2) is 24.3 Å². The van der Waals surface area contributed by atoms with Crippen molar-refractivity contribution in [1.29, 1.82) is 5.41 Å². The number of rotatable bonds is 2. The van der Waals surface area contributed by atoms with E-state index in [0.29, 0.717) is 5.56 Å². The van der Waals surface area contributed by atoms with Crippen molar-refractivity contribution in [3.8, 4) is 0 Å². The lowest BCUT2D eigenvalue weighted by atomic mass is 10.0. The standard InChI is InChI=1S/C10H11NO2/c1-7-5-3-4-6-8(7)9(11)10(12)13-2/h3-6,11H,1-2H3. The molecule has 0 saturated carbocycles. The molecule has 0 atom stereocenters. The van der Waals surface area contributed by atoms with E-state index in [-0.39, 0.29) is 5.71 Å². The number of carbonyl (C=O) groups is 1. The van der Waals surface area contributed by atoms with Crippen LogP contribution in [0.25, 0.3) is 0 Å². The summed E-state index contributed by atoms with van der Waals surface area (Å²) in [5, 5.41) is 7.50. The Kier molecular flexibility index (Phi) is 2.80. The molecular weight excluding hydrogens is 166 g/mol. The van der Waals surface area contributed by atoms with Gasteiger partial charge < -0.3 is 4.74 Å². The van der Waals surface area contributed by atoms with Gasteiger partial charge in [0.25, 0.3) is 0 Å². The van der Waals surface area contributed by atoms with E-state index in [4.69, 9.17) is 5.41 Å². The number of hydrogen-bond donors (Lipinski definition) is 1. The van der Waals surface area contributed by atoms with Gasteiger partial charge in [0.15, 0.2) is 0 Å². The Bertz CT molecular complexity index is 345. The van der Waals surface area contributed by atoms with Crippen LogP contribution in [-0.4, -0.2) is 18.8 Å². The molecule has 68 valence electrons. The van der Waals surface area contributed by atoms with E-state index < -0.39 is 5.97 Å². The minimum absolute atomic E-state index is 0.0967. The van der Waals surface area contributed by atoms with Crippen molar-refractivity contribution in [1.82, 2.24) is 0 Å². The largest absolute Gasteiger partial charge is 0.464 e. The van der Waals surface area contributed by atoms with Crippen LogP contribution in [0, 0.1) is 12.3 Å². The van der Waals surface area contributed by atoms with Crippen molar-refractivity contribution in [2.24, 2.45) is 0 Å². The van der Waals surface area contributed by atoms with Crippen LogP contribution >= 0.6 is 0 Å². The van der Waals surface area contributed by atoms with Gasteiger partial charge in [0.1, 0.15) is 5.71 Å². The lowest BCUT2D eigenvalue weighted by Gasteiger charge is -2.04. The predicted octanol–water partition coefficient (Wildman–Crippen LogP) is 1.54. The van der Waals surface area contributed by atoms with Gasteiger partial charge in [-0.2, -0.15) is 0 Å². The summed E-state index contributed by atoms with van der Waals surface area (Å²) < 4.78 is 4.46. The van der Waals surface area contributed by atoms with Crippen molar-refractivity contribution in [3.05, 3.63) is 35.4 Å². The van der Waals surface area contributed by atoms with Crippen LogP contribution in [0.1, 0.15) is 11.1 Å². The molecule has 3 nitrogen and oxygen atoms in total. The minimum Gasteiger partial charge on any atom is -0.464 e. The number of benzene rings is 1. The lowest BCUT2D eigenvalue weighted by Crippen LogP contribution is -2.16. The molecule has 1 rings (SSSR count). The number of hydrogen-bond acceptors (Lipinski definition) is 3. The molecule has 0 saturated heterocycles. The van der Waals surface area contributed by atoms with Crippen LogP contribution in [0.2, 0.25) is 0 Å². The summed E-state index contributed by atoms with van der Waals surface area (Å²) in [6.45, 7) is 1.85. The summed E-state index contributed by atoms with van der Waals surface area (Å²) in [6, 6.07) is 7.24. The molecule has 0 unspecified atom stereocenters.